The van der Waals surface area contributed by atoms with Gasteiger partial charge >= 0.3 is 0 Å². The van der Waals surface area contributed by atoms with E-state index >= 15 is 0 Å². The summed E-state index contributed by atoms with van der Waals surface area (Å²) in [6.07, 6.45) is 0. The number of nitrogens with one attached hydrogen (secondary N) is 1. The van der Waals surface area contributed by atoms with Crippen LogP contribution < -0.4 is 15.0 Å². The molecule has 0 radical (unpaired) electrons. The van der Waals surface area contributed by atoms with Crippen molar-refractivity contribution < 1.29 is 14.3 Å². The number of rotatable bonds is 6. The van der Waals surface area contributed by atoms with Crippen LogP contribution in [-0.2, 0) is 11.3 Å². The maximum Gasteiger partial charge on any atom is 0.259 e. The summed E-state index contributed by atoms with van der Waals surface area (Å²) in [4.78, 5) is 28.2. The standard InChI is InChI=1S/C26H26N2O3/c1-17(2)18-12-14-20(15-13-18)28-24(21-9-5-6-10-22(21)26(28)30)25(29)27-16-19-8-4-7-11-23(19)31-3/h4-15,17,24H,16H2,1-3H3,(H,27,29)/t24-/m0/s1. The molecule has 0 fully saturated rings. The third-order valence-corrected chi connectivity index (χ3v) is 5.69. The highest BCUT2D eigenvalue weighted by atomic mass is 16.5. The number of hydrogen-bond acceptors (Lipinski definition) is 3. The highest BCUT2D eigenvalue weighted by Gasteiger charge is 2.41. The molecule has 1 atom stereocenters. The van der Waals surface area contributed by atoms with Crippen LogP contribution in [-0.4, -0.2) is 18.9 Å². The Balaban J connectivity index is 1.65. The van der Waals surface area contributed by atoms with Crippen LogP contribution in [0.25, 0.3) is 0 Å². The van der Waals surface area contributed by atoms with Crippen LogP contribution in [0.4, 0.5) is 5.69 Å². The van der Waals surface area contributed by atoms with Crippen LogP contribution in [0, 0.1) is 0 Å². The van der Waals surface area contributed by atoms with Crippen molar-refractivity contribution in [3.8, 4) is 5.75 Å². The van der Waals surface area contributed by atoms with Crippen LogP contribution in [0.3, 0.4) is 0 Å². The van der Waals surface area contributed by atoms with E-state index in [1.165, 1.54) is 5.56 Å². The van der Waals surface area contributed by atoms with Gasteiger partial charge in [-0.15, -0.1) is 0 Å². The molecule has 0 spiro atoms. The molecule has 0 aromatic heterocycles. The van der Waals surface area contributed by atoms with Gasteiger partial charge in [-0.25, -0.2) is 0 Å². The molecule has 0 aliphatic carbocycles. The van der Waals surface area contributed by atoms with Gasteiger partial charge in [-0.05, 0) is 41.3 Å². The fraction of sp³-hybridized carbons (Fsp3) is 0.231. The molecule has 5 nitrogen and oxygen atoms in total. The maximum atomic E-state index is 13.3. The third kappa shape index (κ3) is 3.91. The van der Waals surface area contributed by atoms with Gasteiger partial charge in [0, 0.05) is 23.4 Å². The summed E-state index contributed by atoms with van der Waals surface area (Å²) < 4.78 is 5.38. The van der Waals surface area contributed by atoms with Crippen LogP contribution in [0.2, 0.25) is 0 Å². The lowest BCUT2D eigenvalue weighted by Gasteiger charge is -2.25. The number of ether oxygens (including phenoxy) is 1. The van der Waals surface area contributed by atoms with E-state index < -0.39 is 6.04 Å². The van der Waals surface area contributed by atoms with Gasteiger partial charge in [0.2, 0.25) is 5.91 Å². The maximum absolute atomic E-state index is 13.3. The van der Waals surface area contributed by atoms with Crippen molar-refractivity contribution in [1.82, 2.24) is 5.32 Å². The number of carbonyl (C=O) groups is 2. The number of nitrogens with zero attached hydrogens (tertiary/aromatic N) is 1. The first-order valence-electron chi connectivity index (χ1n) is 10.4. The molecule has 3 aromatic carbocycles. The predicted molar refractivity (Wildman–Crippen MR) is 121 cm³/mol. The quantitative estimate of drug-likeness (QED) is 0.628. The first-order valence-corrected chi connectivity index (χ1v) is 10.4. The first kappa shape index (κ1) is 20.7. The number of para-hydroxylation sites is 1. The second-order valence-corrected chi connectivity index (χ2v) is 7.94. The van der Waals surface area contributed by atoms with Crippen molar-refractivity contribution in [3.63, 3.8) is 0 Å². The molecular weight excluding hydrogens is 388 g/mol. The number of hydrogen-bond donors (Lipinski definition) is 1. The van der Waals surface area contributed by atoms with Gasteiger partial charge in [0.25, 0.3) is 5.91 Å². The van der Waals surface area contributed by atoms with Gasteiger partial charge in [-0.2, -0.15) is 0 Å². The number of methoxy groups -OCH3 is 1. The fourth-order valence-electron chi connectivity index (χ4n) is 3.99. The molecule has 3 aromatic rings. The fourth-order valence-corrected chi connectivity index (χ4v) is 3.99. The molecule has 31 heavy (non-hydrogen) atoms. The lowest BCUT2D eigenvalue weighted by molar-refractivity contribution is -0.122. The molecule has 1 N–H and O–H groups in total. The van der Waals surface area contributed by atoms with Gasteiger partial charge in [-0.3, -0.25) is 14.5 Å². The van der Waals surface area contributed by atoms with Crippen LogP contribution in [0.5, 0.6) is 5.75 Å². The summed E-state index contributed by atoms with van der Waals surface area (Å²) in [7, 11) is 1.61. The lowest BCUT2D eigenvalue weighted by atomic mass is 10.0. The Hall–Kier alpha value is -3.60. The number of benzene rings is 3. The highest BCUT2D eigenvalue weighted by molar-refractivity contribution is 6.15. The predicted octanol–water partition coefficient (Wildman–Crippen LogP) is 4.84. The van der Waals surface area contributed by atoms with E-state index in [2.05, 4.69) is 19.2 Å². The van der Waals surface area contributed by atoms with Gasteiger partial charge in [0.05, 0.1) is 7.11 Å². The molecule has 0 unspecified atom stereocenters. The summed E-state index contributed by atoms with van der Waals surface area (Å²) in [6.45, 7) is 4.57. The van der Waals surface area contributed by atoms with Gasteiger partial charge in [0.15, 0.2) is 0 Å². The van der Waals surface area contributed by atoms with Crippen LogP contribution >= 0.6 is 0 Å². The number of amides is 2. The van der Waals surface area contributed by atoms with Crippen molar-refractivity contribution in [2.24, 2.45) is 0 Å². The Morgan fingerprint density at radius 3 is 2.39 bits per heavy atom. The molecular formula is C26H26N2O3. The molecule has 4 rings (SSSR count). The van der Waals surface area contributed by atoms with Crippen molar-refractivity contribution in [1.29, 1.82) is 0 Å². The van der Waals surface area contributed by atoms with E-state index in [0.717, 1.165) is 11.1 Å². The summed E-state index contributed by atoms with van der Waals surface area (Å²) in [5, 5.41) is 2.99. The van der Waals surface area contributed by atoms with Crippen LogP contribution in [0.15, 0.2) is 72.8 Å². The minimum atomic E-state index is -0.719. The molecule has 2 amide bonds. The lowest BCUT2D eigenvalue weighted by Crippen LogP contribution is -2.39. The largest absolute Gasteiger partial charge is 0.496 e. The van der Waals surface area contributed by atoms with Crippen molar-refractivity contribution in [3.05, 3.63) is 95.1 Å². The second-order valence-electron chi connectivity index (χ2n) is 7.94. The zero-order chi connectivity index (χ0) is 22.0. The minimum Gasteiger partial charge on any atom is -0.496 e. The monoisotopic (exact) mass is 414 g/mol. The average molecular weight is 415 g/mol. The van der Waals surface area contributed by atoms with Gasteiger partial charge < -0.3 is 10.1 Å². The summed E-state index contributed by atoms with van der Waals surface area (Å²) in [6, 6.07) is 22.0. The van der Waals surface area contributed by atoms with E-state index in [-0.39, 0.29) is 11.8 Å². The Bertz CT molecular complexity index is 1110. The van der Waals surface area contributed by atoms with E-state index in [1.807, 2.05) is 66.7 Å². The summed E-state index contributed by atoms with van der Waals surface area (Å²) >= 11 is 0. The van der Waals surface area contributed by atoms with Gasteiger partial charge in [0.1, 0.15) is 11.8 Å². The second kappa shape index (κ2) is 8.64. The Labute approximate surface area is 182 Å². The Morgan fingerprint density at radius 1 is 1.00 bits per heavy atom. The Morgan fingerprint density at radius 2 is 1.68 bits per heavy atom. The molecule has 158 valence electrons. The van der Waals surface area contributed by atoms with E-state index in [1.54, 1.807) is 18.1 Å². The van der Waals surface area contributed by atoms with Crippen molar-refractivity contribution in [2.75, 3.05) is 12.0 Å². The number of carbonyl (C=O) groups excluding carboxylic acids is 2. The molecule has 1 aliphatic rings. The average Bonchev–Trinajstić information content (AvgIpc) is 3.10. The molecule has 1 aliphatic heterocycles. The van der Waals surface area contributed by atoms with Crippen molar-refractivity contribution in [2.45, 2.75) is 32.4 Å². The Kier molecular flexibility index (Phi) is 5.76. The topological polar surface area (TPSA) is 58.6 Å². The summed E-state index contributed by atoms with van der Waals surface area (Å²) in [5.41, 5.74) is 4.06. The SMILES string of the molecule is COc1ccccc1CNC(=O)[C@@H]1c2ccccc2C(=O)N1c1ccc(C(C)C)cc1. The van der Waals surface area contributed by atoms with E-state index in [4.69, 9.17) is 4.74 Å². The number of fused-ring (bicyclic) bond motifs is 1. The number of anilines is 1. The summed E-state index contributed by atoms with van der Waals surface area (Å²) in [5.74, 6) is 0.717. The zero-order valence-corrected chi connectivity index (χ0v) is 18.0. The van der Waals surface area contributed by atoms with Crippen molar-refractivity contribution >= 4 is 17.5 Å². The normalized spacial score (nSPS) is 15.2. The smallest absolute Gasteiger partial charge is 0.259 e. The molecule has 5 heteroatoms. The third-order valence-electron chi connectivity index (χ3n) is 5.69. The minimum absolute atomic E-state index is 0.162. The zero-order valence-electron chi connectivity index (χ0n) is 18.0. The molecule has 0 saturated heterocycles. The first-order chi connectivity index (χ1) is 15.0. The molecule has 1 heterocycles. The van der Waals surface area contributed by atoms with Gasteiger partial charge in [-0.1, -0.05) is 62.4 Å². The van der Waals surface area contributed by atoms with E-state index in [0.29, 0.717) is 29.5 Å². The molecule has 0 saturated carbocycles. The van der Waals surface area contributed by atoms with E-state index in [9.17, 15) is 9.59 Å². The molecule has 0 bridgehead atoms. The van der Waals surface area contributed by atoms with Crippen LogP contribution in [0.1, 0.15) is 52.9 Å². The highest BCUT2D eigenvalue weighted by Crippen LogP contribution is 2.38.